The summed E-state index contributed by atoms with van der Waals surface area (Å²) in [5, 5.41) is 0. The van der Waals surface area contributed by atoms with E-state index in [-0.39, 0.29) is 0 Å². The van der Waals surface area contributed by atoms with Gasteiger partial charge in [-0.25, -0.2) is 0 Å². The molecular weight excluding hydrogens is 110 g/mol. The Morgan fingerprint density at radius 2 is 2.22 bits per heavy atom. The van der Waals surface area contributed by atoms with Crippen LogP contribution in [0.2, 0.25) is 0 Å². The van der Waals surface area contributed by atoms with Crippen molar-refractivity contribution in [3.05, 3.63) is 30.2 Å². The van der Waals surface area contributed by atoms with Crippen LogP contribution >= 0.6 is 0 Å². The van der Waals surface area contributed by atoms with Gasteiger partial charge in [0.1, 0.15) is 0 Å². The first-order valence-corrected chi connectivity index (χ1v) is 2.99. The fraction of sp³-hybridized carbons (Fsp3) is 0.250. The zero-order chi connectivity index (χ0) is 6.69. The number of rotatable bonds is 0. The van der Waals surface area contributed by atoms with E-state index in [2.05, 4.69) is 24.1 Å². The van der Waals surface area contributed by atoms with Crippen molar-refractivity contribution in [3.63, 3.8) is 0 Å². The molecule has 1 heteroatoms. The lowest BCUT2D eigenvalue weighted by molar-refractivity contribution is 1.41. The molecule has 0 saturated heterocycles. The van der Waals surface area contributed by atoms with Gasteiger partial charge in [0, 0.05) is 19.5 Å². The summed E-state index contributed by atoms with van der Waals surface area (Å²) in [7, 11) is 1.80. The largest absolute Gasteiger partial charge is 0.263 e. The molecule has 9 heavy (non-hydrogen) atoms. The fourth-order valence-electron chi connectivity index (χ4n) is 0.694. The van der Waals surface area contributed by atoms with Crippen LogP contribution in [0.3, 0.4) is 0 Å². The molecule has 0 unspecified atom stereocenters. The average molecular weight is 120 g/mol. The van der Waals surface area contributed by atoms with Gasteiger partial charge in [-0.1, -0.05) is 0 Å². The normalized spacial score (nSPS) is 21.6. The van der Waals surface area contributed by atoms with E-state index in [9.17, 15) is 0 Å². The minimum absolute atomic E-state index is 1.04. The Kier molecular flexibility index (Phi) is 1.73. The molecule has 0 spiro atoms. The first-order valence-electron chi connectivity index (χ1n) is 2.99. The molecule has 0 atom stereocenters. The molecule has 0 N–H and O–H groups in total. The molecule has 46 valence electrons. The molecular formula is C8H10N+. The van der Waals surface area contributed by atoms with Gasteiger partial charge in [0.2, 0.25) is 0 Å². The minimum Gasteiger partial charge on any atom is -0.263 e. The molecule has 0 heterocycles. The highest BCUT2D eigenvalue weighted by Crippen LogP contribution is 2.05. The molecule has 0 bridgehead atoms. The molecule has 0 saturated carbocycles. The predicted octanol–water partition coefficient (Wildman–Crippen LogP) is 1.78. The maximum absolute atomic E-state index is 4.01. The topological polar surface area (TPSA) is 12.4 Å². The summed E-state index contributed by atoms with van der Waals surface area (Å²) in [6.07, 6.45) is 8.13. The molecule has 1 aliphatic carbocycles. The van der Waals surface area contributed by atoms with E-state index in [1.807, 2.05) is 12.5 Å². The standard InChI is InChI=1S/C8H10N/c1-7-3-5-8(9-2)6-4-7/h3-6H,1-2H3/q+1. The van der Waals surface area contributed by atoms with Gasteiger partial charge in [-0.3, -0.25) is 4.99 Å². The average Bonchev–Trinajstić information content (AvgIpc) is 1.90. The summed E-state index contributed by atoms with van der Waals surface area (Å²) in [5.41, 5.74) is 2.32. The summed E-state index contributed by atoms with van der Waals surface area (Å²) in [4.78, 5) is 4.01. The van der Waals surface area contributed by atoms with Crippen LogP contribution in [0, 0.1) is 6.42 Å². The molecule has 0 amide bonds. The van der Waals surface area contributed by atoms with Crippen LogP contribution in [0.4, 0.5) is 0 Å². The Labute approximate surface area is 55.8 Å². The second-order valence-electron chi connectivity index (χ2n) is 2.06. The first kappa shape index (κ1) is 6.14. The third kappa shape index (κ3) is 1.46. The maximum Gasteiger partial charge on any atom is 0.168 e. The summed E-state index contributed by atoms with van der Waals surface area (Å²) >= 11 is 0. The highest BCUT2D eigenvalue weighted by Gasteiger charge is 2.05. The van der Waals surface area contributed by atoms with Gasteiger partial charge >= 0.3 is 0 Å². The molecule has 0 aliphatic heterocycles. The van der Waals surface area contributed by atoms with E-state index >= 15 is 0 Å². The lowest BCUT2D eigenvalue weighted by atomic mass is 10.1. The van der Waals surface area contributed by atoms with E-state index in [4.69, 9.17) is 0 Å². The quantitative estimate of drug-likeness (QED) is 0.432. The van der Waals surface area contributed by atoms with E-state index < -0.39 is 0 Å². The Morgan fingerprint density at radius 3 is 2.67 bits per heavy atom. The third-order valence-corrected chi connectivity index (χ3v) is 1.29. The van der Waals surface area contributed by atoms with Crippen LogP contribution in [0.15, 0.2) is 28.8 Å². The second kappa shape index (κ2) is 2.53. The SMILES string of the molecule is CN=C1C=CC(C)=C[CH+]1. The summed E-state index contributed by atoms with van der Waals surface area (Å²) in [6.45, 7) is 2.07. The Morgan fingerprint density at radius 1 is 1.44 bits per heavy atom. The number of nitrogens with zero attached hydrogens (tertiary/aromatic N) is 1. The van der Waals surface area contributed by atoms with Gasteiger partial charge in [0.15, 0.2) is 5.71 Å². The van der Waals surface area contributed by atoms with Crippen LogP contribution in [0.5, 0.6) is 0 Å². The molecule has 0 aromatic carbocycles. The summed E-state index contributed by atoms with van der Waals surface area (Å²) in [5.74, 6) is 0. The van der Waals surface area contributed by atoms with Gasteiger partial charge < -0.3 is 0 Å². The second-order valence-corrected chi connectivity index (χ2v) is 2.06. The predicted molar refractivity (Wildman–Crippen MR) is 40.6 cm³/mol. The molecule has 1 nitrogen and oxygen atoms in total. The van der Waals surface area contributed by atoms with E-state index in [1.54, 1.807) is 7.05 Å². The zero-order valence-electron chi connectivity index (χ0n) is 5.76. The Hall–Kier alpha value is -0.980. The lowest BCUT2D eigenvalue weighted by Gasteiger charge is -1.92. The molecule has 1 rings (SSSR count). The van der Waals surface area contributed by atoms with E-state index in [0.717, 1.165) is 5.71 Å². The molecule has 0 aromatic heterocycles. The highest BCUT2D eigenvalue weighted by molar-refractivity contribution is 6.04. The van der Waals surface area contributed by atoms with Crippen LogP contribution in [-0.4, -0.2) is 12.8 Å². The van der Waals surface area contributed by atoms with Crippen molar-refractivity contribution in [2.24, 2.45) is 4.99 Å². The number of allylic oxidation sites excluding steroid dienone is 4. The van der Waals surface area contributed by atoms with Crippen molar-refractivity contribution in [2.45, 2.75) is 6.92 Å². The van der Waals surface area contributed by atoms with E-state index in [0.29, 0.717) is 0 Å². The summed E-state index contributed by atoms with van der Waals surface area (Å²) < 4.78 is 0. The number of aliphatic imine (C=N–C) groups is 1. The van der Waals surface area contributed by atoms with Crippen LogP contribution in [-0.2, 0) is 0 Å². The van der Waals surface area contributed by atoms with Crippen molar-refractivity contribution in [3.8, 4) is 0 Å². The molecule has 0 radical (unpaired) electrons. The fourth-order valence-corrected chi connectivity index (χ4v) is 0.694. The molecule has 0 aromatic rings. The van der Waals surface area contributed by atoms with Crippen LogP contribution in [0.25, 0.3) is 0 Å². The maximum atomic E-state index is 4.01. The van der Waals surface area contributed by atoms with Gasteiger partial charge in [-0.15, -0.1) is 0 Å². The van der Waals surface area contributed by atoms with E-state index in [1.165, 1.54) is 5.57 Å². The van der Waals surface area contributed by atoms with Crippen molar-refractivity contribution < 1.29 is 0 Å². The lowest BCUT2D eigenvalue weighted by Crippen LogP contribution is -1.96. The van der Waals surface area contributed by atoms with Crippen molar-refractivity contribution in [2.75, 3.05) is 7.05 Å². The first-order chi connectivity index (χ1) is 4.33. The smallest absolute Gasteiger partial charge is 0.168 e. The Bertz CT molecular complexity index is 185. The molecule has 0 fully saturated rings. The number of hydrogen-bond donors (Lipinski definition) is 0. The monoisotopic (exact) mass is 120 g/mol. The van der Waals surface area contributed by atoms with Crippen molar-refractivity contribution in [1.82, 2.24) is 0 Å². The third-order valence-electron chi connectivity index (χ3n) is 1.29. The van der Waals surface area contributed by atoms with Crippen molar-refractivity contribution >= 4 is 5.71 Å². The van der Waals surface area contributed by atoms with Gasteiger partial charge in [0.25, 0.3) is 0 Å². The minimum atomic E-state index is 1.04. The number of hydrogen-bond acceptors (Lipinski definition) is 1. The zero-order valence-corrected chi connectivity index (χ0v) is 5.76. The van der Waals surface area contributed by atoms with Crippen LogP contribution in [0.1, 0.15) is 6.92 Å². The van der Waals surface area contributed by atoms with Gasteiger partial charge in [-0.05, 0) is 0 Å². The Balaban J connectivity index is 2.70. The highest BCUT2D eigenvalue weighted by atomic mass is 14.7. The van der Waals surface area contributed by atoms with Crippen molar-refractivity contribution in [1.29, 1.82) is 0 Å². The van der Waals surface area contributed by atoms with Gasteiger partial charge in [-0.2, -0.15) is 0 Å². The summed E-state index contributed by atoms with van der Waals surface area (Å²) in [6, 6.07) is 0. The molecule has 1 aliphatic rings. The van der Waals surface area contributed by atoms with Gasteiger partial charge in [0.05, 0.1) is 24.6 Å². The van der Waals surface area contributed by atoms with Crippen LogP contribution < -0.4 is 0 Å².